The molecule has 0 aliphatic heterocycles. The smallest absolute Gasteiger partial charge is 0.225 e. The number of carbonyl (C=O) groups excluding carboxylic acids is 1. The van der Waals surface area contributed by atoms with Gasteiger partial charge in [0.1, 0.15) is 0 Å². The Morgan fingerprint density at radius 2 is 2.11 bits per heavy atom. The first-order valence-electron chi connectivity index (χ1n) is 6.94. The first-order chi connectivity index (χ1) is 9.15. The predicted octanol–water partition coefficient (Wildman–Crippen LogP) is 3.51. The molecule has 0 heterocycles. The Kier molecular flexibility index (Phi) is 5.23. The van der Waals surface area contributed by atoms with Gasteiger partial charge in [0.05, 0.1) is 0 Å². The molecule has 4 heteroatoms. The van der Waals surface area contributed by atoms with Gasteiger partial charge < -0.3 is 10.6 Å². The molecule has 1 fully saturated rings. The van der Waals surface area contributed by atoms with Gasteiger partial charge >= 0.3 is 0 Å². The first-order valence-corrected chi connectivity index (χ1v) is 7.32. The van der Waals surface area contributed by atoms with Crippen molar-refractivity contribution in [2.24, 2.45) is 0 Å². The van der Waals surface area contributed by atoms with E-state index in [0.29, 0.717) is 17.5 Å². The van der Waals surface area contributed by atoms with Crippen LogP contribution in [0.4, 0.5) is 5.69 Å². The van der Waals surface area contributed by atoms with E-state index in [4.69, 9.17) is 11.6 Å². The SMILES string of the molecule is Cc1ccc(NC(=O)CCNC2CCCC2)cc1Cl. The van der Waals surface area contributed by atoms with E-state index < -0.39 is 0 Å². The lowest BCUT2D eigenvalue weighted by Gasteiger charge is -2.11. The van der Waals surface area contributed by atoms with E-state index in [-0.39, 0.29) is 5.91 Å². The van der Waals surface area contributed by atoms with E-state index in [0.717, 1.165) is 17.8 Å². The third-order valence-corrected chi connectivity index (χ3v) is 4.00. The molecule has 2 rings (SSSR count). The molecule has 1 aliphatic carbocycles. The summed E-state index contributed by atoms with van der Waals surface area (Å²) in [5.41, 5.74) is 1.78. The topological polar surface area (TPSA) is 41.1 Å². The van der Waals surface area contributed by atoms with Crippen LogP contribution < -0.4 is 10.6 Å². The summed E-state index contributed by atoms with van der Waals surface area (Å²) in [6.45, 7) is 2.69. The van der Waals surface area contributed by atoms with E-state index in [1.807, 2.05) is 19.1 Å². The Labute approximate surface area is 119 Å². The molecule has 2 N–H and O–H groups in total. The van der Waals surface area contributed by atoms with Gasteiger partial charge in [-0.3, -0.25) is 4.79 Å². The summed E-state index contributed by atoms with van der Waals surface area (Å²) >= 11 is 6.02. The van der Waals surface area contributed by atoms with Crippen LogP contribution in [0, 0.1) is 6.92 Å². The first kappa shape index (κ1) is 14.4. The van der Waals surface area contributed by atoms with Crippen molar-refractivity contribution in [3.63, 3.8) is 0 Å². The molecule has 0 aromatic heterocycles. The Hall–Kier alpha value is -1.06. The number of anilines is 1. The van der Waals surface area contributed by atoms with Crippen LogP contribution in [0.5, 0.6) is 0 Å². The fourth-order valence-electron chi connectivity index (χ4n) is 2.41. The molecule has 19 heavy (non-hydrogen) atoms. The zero-order valence-corrected chi connectivity index (χ0v) is 12.1. The van der Waals surface area contributed by atoms with Crippen LogP contribution in [0.2, 0.25) is 5.02 Å². The minimum absolute atomic E-state index is 0.0328. The Morgan fingerprint density at radius 3 is 2.79 bits per heavy atom. The molecule has 0 atom stereocenters. The van der Waals surface area contributed by atoms with Gasteiger partial charge in [0.25, 0.3) is 0 Å². The number of amides is 1. The number of rotatable bonds is 5. The van der Waals surface area contributed by atoms with Crippen LogP contribution in [0.3, 0.4) is 0 Å². The number of halogens is 1. The Bertz CT molecular complexity index is 442. The maximum Gasteiger partial charge on any atom is 0.225 e. The van der Waals surface area contributed by atoms with Crippen molar-refractivity contribution in [1.82, 2.24) is 5.32 Å². The lowest BCUT2D eigenvalue weighted by molar-refractivity contribution is -0.116. The summed E-state index contributed by atoms with van der Waals surface area (Å²) in [6, 6.07) is 6.19. The van der Waals surface area contributed by atoms with Crippen molar-refractivity contribution in [3.8, 4) is 0 Å². The predicted molar refractivity (Wildman–Crippen MR) is 79.7 cm³/mol. The van der Waals surface area contributed by atoms with Gasteiger partial charge in [0.2, 0.25) is 5.91 Å². The summed E-state index contributed by atoms with van der Waals surface area (Å²) in [5.74, 6) is 0.0328. The molecule has 3 nitrogen and oxygen atoms in total. The zero-order valence-electron chi connectivity index (χ0n) is 11.3. The Balaban J connectivity index is 1.72. The summed E-state index contributed by atoms with van der Waals surface area (Å²) < 4.78 is 0. The number of hydrogen-bond donors (Lipinski definition) is 2. The molecule has 0 saturated heterocycles. The number of carbonyl (C=O) groups is 1. The van der Waals surface area contributed by atoms with Gasteiger partial charge in [-0.2, -0.15) is 0 Å². The molecule has 1 aliphatic rings. The van der Waals surface area contributed by atoms with Crippen molar-refractivity contribution in [1.29, 1.82) is 0 Å². The number of nitrogens with one attached hydrogen (secondary N) is 2. The van der Waals surface area contributed by atoms with E-state index >= 15 is 0 Å². The highest BCUT2D eigenvalue weighted by Crippen LogP contribution is 2.20. The molecule has 0 spiro atoms. The lowest BCUT2D eigenvalue weighted by atomic mass is 10.2. The third-order valence-electron chi connectivity index (χ3n) is 3.60. The van der Waals surface area contributed by atoms with Gasteiger partial charge in [-0.1, -0.05) is 30.5 Å². The monoisotopic (exact) mass is 280 g/mol. The summed E-state index contributed by atoms with van der Waals surface area (Å²) in [6.07, 6.45) is 5.61. The Morgan fingerprint density at radius 1 is 1.37 bits per heavy atom. The molecule has 0 radical (unpaired) electrons. The van der Waals surface area contributed by atoms with Gasteiger partial charge in [-0.15, -0.1) is 0 Å². The summed E-state index contributed by atoms with van der Waals surface area (Å²) in [7, 11) is 0. The maximum atomic E-state index is 11.8. The summed E-state index contributed by atoms with van der Waals surface area (Å²) in [5, 5.41) is 6.99. The van der Waals surface area contributed by atoms with E-state index in [9.17, 15) is 4.79 Å². The van der Waals surface area contributed by atoms with Crippen LogP contribution in [0.1, 0.15) is 37.7 Å². The van der Waals surface area contributed by atoms with Crippen LogP contribution >= 0.6 is 11.6 Å². The highest BCUT2D eigenvalue weighted by molar-refractivity contribution is 6.31. The largest absolute Gasteiger partial charge is 0.326 e. The molecule has 0 bridgehead atoms. The number of benzene rings is 1. The lowest BCUT2D eigenvalue weighted by Crippen LogP contribution is -2.29. The van der Waals surface area contributed by atoms with Crippen molar-refractivity contribution < 1.29 is 4.79 Å². The molecule has 1 aromatic rings. The zero-order chi connectivity index (χ0) is 13.7. The molecular weight excluding hydrogens is 260 g/mol. The molecular formula is C15H21ClN2O. The van der Waals surface area contributed by atoms with E-state index in [2.05, 4.69) is 10.6 Å². The second-order valence-electron chi connectivity index (χ2n) is 5.20. The highest BCUT2D eigenvalue weighted by atomic mass is 35.5. The molecule has 104 valence electrons. The standard InChI is InChI=1S/C15H21ClN2O/c1-11-6-7-13(10-14(11)16)18-15(19)8-9-17-12-4-2-3-5-12/h6-7,10,12,17H,2-5,8-9H2,1H3,(H,18,19). The molecule has 1 saturated carbocycles. The van der Waals surface area contributed by atoms with Gasteiger partial charge in [0.15, 0.2) is 0 Å². The number of hydrogen-bond acceptors (Lipinski definition) is 2. The number of aryl methyl sites for hydroxylation is 1. The van der Waals surface area contributed by atoms with Gasteiger partial charge in [-0.25, -0.2) is 0 Å². The van der Waals surface area contributed by atoms with Crippen LogP contribution in [-0.2, 0) is 4.79 Å². The van der Waals surface area contributed by atoms with Gasteiger partial charge in [-0.05, 0) is 37.5 Å². The molecule has 0 unspecified atom stereocenters. The van der Waals surface area contributed by atoms with E-state index in [1.54, 1.807) is 6.07 Å². The minimum Gasteiger partial charge on any atom is -0.326 e. The fraction of sp³-hybridized carbons (Fsp3) is 0.533. The van der Waals surface area contributed by atoms with Crippen molar-refractivity contribution >= 4 is 23.2 Å². The van der Waals surface area contributed by atoms with Crippen LogP contribution in [0.25, 0.3) is 0 Å². The average Bonchev–Trinajstić information content (AvgIpc) is 2.87. The highest BCUT2D eigenvalue weighted by Gasteiger charge is 2.14. The van der Waals surface area contributed by atoms with Crippen molar-refractivity contribution in [2.75, 3.05) is 11.9 Å². The molecule has 1 amide bonds. The van der Waals surface area contributed by atoms with E-state index in [1.165, 1.54) is 25.7 Å². The van der Waals surface area contributed by atoms with Crippen LogP contribution in [-0.4, -0.2) is 18.5 Å². The van der Waals surface area contributed by atoms with Crippen LogP contribution in [0.15, 0.2) is 18.2 Å². The average molecular weight is 281 g/mol. The second kappa shape index (κ2) is 6.92. The quantitative estimate of drug-likeness (QED) is 0.867. The second-order valence-corrected chi connectivity index (χ2v) is 5.60. The third kappa shape index (κ3) is 4.51. The minimum atomic E-state index is 0.0328. The maximum absolute atomic E-state index is 11.8. The fourth-order valence-corrected chi connectivity index (χ4v) is 2.59. The molecule has 1 aromatic carbocycles. The van der Waals surface area contributed by atoms with Crippen molar-refractivity contribution in [2.45, 2.75) is 45.1 Å². The normalized spacial score (nSPS) is 15.7. The van der Waals surface area contributed by atoms with Crippen molar-refractivity contribution in [3.05, 3.63) is 28.8 Å². The summed E-state index contributed by atoms with van der Waals surface area (Å²) in [4.78, 5) is 11.8. The van der Waals surface area contributed by atoms with Gasteiger partial charge in [0, 0.05) is 29.7 Å².